The van der Waals surface area contributed by atoms with E-state index in [9.17, 15) is 18.7 Å². The van der Waals surface area contributed by atoms with Crippen LogP contribution in [0.5, 0.6) is 5.88 Å². The van der Waals surface area contributed by atoms with Gasteiger partial charge >= 0.3 is 6.61 Å². The third-order valence-corrected chi connectivity index (χ3v) is 3.59. The summed E-state index contributed by atoms with van der Waals surface area (Å²) in [5.74, 6) is -0.930. The first kappa shape index (κ1) is 14.6. The van der Waals surface area contributed by atoms with Gasteiger partial charge < -0.3 is 15.2 Å². The highest BCUT2D eigenvalue weighted by Crippen LogP contribution is 2.39. The first-order valence-corrected chi connectivity index (χ1v) is 6.35. The van der Waals surface area contributed by atoms with Crippen molar-refractivity contribution in [3.63, 3.8) is 0 Å². The molecule has 1 aromatic rings. The van der Waals surface area contributed by atoms with Crippen molar-refractivity contribution in [2.45, 2.75) is 25.9 Å². The van der Waals surface area contributed by atoms with Crippen molar-refractivity contribution in [2.75, 3.05) is 13.2 Å². The maximum absolute atomic E-state index is 12.2. The van der Waals surface area contributed by atoms with Gasteiger partial charge in [-0.3, -0.25) is 4.79 Å². The van der Waals surface area contributed by atoms with Gasteiger partial charge in [0.05, 0.1) is 6.61 Å². The number of amides is 1. The summed E-state index contributed by atoms with van der Waals surface area (Å²) in [5.41, 5.74) is -0.318. The third-order valence-electron chi connectivity index (χ3n) is 3.59. The Morgan fingerprint density at radius 3 is 2.85 bits per heavy atom. The topological polar surface area (TPSA) is 71.5 Å². The second-order valence-corrected chi connectivity index (χ2v) is 4.93. The van der Waals surface area contributed by atoms with Crippen molar-refractivity contribution in [3.05, 3.63) is 23.9 Å². The molecule has 1 aliphatic carbocycles. The monoisotopic (exact) mass is 286 g/mol. The Morgan fingerprint density at radius 2 is 2.30 bits per heavy atom. The summed E-state index contributed by atoms with van der Waals surface area (Å²) in [5, 5.41) is 11.9. The second-order valence-electron chi connectivity index (χ2n) is 4.93. The number of pyridine rings is 1. The molecular weight excluding hydrogens is 270 g/mol. The summed E-state index contributed by atoms with van der Waals surface area (Å²) in [6.45, 7) is -2.72. The molecule has 0 unspecified atom stereocenters. The van der Waals surface area contributed by atoms with Crippen LogP contribution in [0.15, 0.2) is 18.3 Å². The number of nitrogens with one attached hydrogen (secondary N) is 1. The van der Waals surface area contributed by atoms with E-state index in [1.54, 1.807) is 0 Å². The van der Waals surface area contributed by atoms with E-state index in [4.69, 9.17) is 0 Å². The zero-order chi connectivity index (χ0) is 14.6. The van der Waals surface area contributed by atoms with Gasteiger partial charge in [-0.25, -0.2) is 4.98 Å². The van der Waals surface area contributed by atoms with E-state index in [-0.39, 0.29) is 17.6 Å². The summed E-state index contributed by atoms with van der Waals surface area (Å²) in [4.78, 5) is 15.6. The van der Waals surface area contributed by atoms with Gasteiger partial charge in [0.2, 0.25) is 5.88 Å². The van der Waals surface area contributed by atoms with Gasteiger partial charge in [-0.1, -0.05) is 6.42 Å². The van der Waals surface area contributed by atoms with Crippen LogP contribution in [0.1, 0.15) is 29.6 Å². The minimum Gasteiger partial charge on any atom is -0.416 e. The van der Waals surface area contributed by atoms with Crippen molar-refractivity contribution in [1.29, 1.82) is 0 Å². The zero-order valence-electron chi connectivity index (χ0n) is 10.8. The number of alkyl halides is 2. The summed E-state index contributed by atoms with van der Waals surface area (Å²) in [6.07, 6.45) is 3.98. The molecule has 20 heavy (non-hydrogen) atoms. The van der Waals surface area contributed by atoms with Crippen LogP contribution in [0.4, 0.5) is 8.78 Å². The van der Waals surface area contributed by atoms with E-state index in [2.05, 4.69) is 15.0 Å². The van der Waals surface area contributed by atoms with Crippen LogP contribution in [0.25, 0.3) is 0 Å². The Balaban J connectivity index is 2.01. The molecule has 0 atom stereocenters. The molecule has 0 aromatic carbocycles. The van der Waals surface area contributed by atoms with Gasteiger partial charge in [-0.05, 0) is 25.0 Å². The SMILES string of the molecule is O=C(NCC1(CO)CCC1)c1cccnc1OC(F)F. The molecule has 1 heterocycles. The molecule has 0 saturated heterocycles. The van der Waals surface area contributed by atoms with E-state index in [1.165, 1.54) is 18.3 Å². The van der Waals surface area contributed by atoms with Crippen LogP contribution in [0.3, 0.4) is 0 Å². The fourth-order valence-corrected chi connectivity index (χ4v) is 2.17. The molecule has 0 spiro atoms. The van der Waals surface area contributed by atoms with Crippen molar-refractivity contribution in [3.8, 4) is 5.88 Å². The molecule has 1 amide bonds. The van der Waals surface area contributed by atoms with Gasteiger partial charge in [0.15, 0.2) is 0 Å². The van der Waals surface area contributed by atoms with E-state index in [1.807, 2.05) is 0 Å². The van der Waals surface area contributed by atoms with E-state index in [0.717, 1.165) is 19.3 Å². The van der Waals surface area contributed by atoms with Crippen molar-refractivity contribution < 1.29 is 23.4 Å². The summed E-state index contributed by atoms with van der Waals surface area (Å²) in [7, 11) is 0. The van der Waals surface area contributed by atoms with Crippen molar-refractivity contribution in [1.82, 2.24) is 10.3 Å². The molecule has 2 N–H and O–H groups in total. The molecule has 0 radical (unpaired) electrons. The molecule has 1 aliphatic rings. The normalized spacial score (nSPS) is 16.6. The predicted molar refractivity (Wildman–Crippen MR) is 66.6 cm³/mol. The minimum atomic E-state index is -3.04. The van der Waals surface area contributed by atoms with Gasteiger partial charge in [0, 0.05) is 18.2 Å². The average molecular weight is 286 g/mol. The van der Waals surface area contributed by atoms with Crippen molar-refractivity contribution in [2.24, 2.45) is 5.41 Å². The Morgan fingerprint density at radius 1 is 1.55 bits per heavy atom. The number of hydrogen-bond donors (Lipinski definition) is 2. The molecular formula is C13H16F2N2O3. The first-order valence-electron chi connectivity index (χ1n) is 6.35. The standard InChI is InChI=1S/C13H16F2N2O3/c14-12(15)20-11-9(3-1-6-16-11)10(19)17-7-13(8-18)4-2-5-13/h1,3,6,12,18H,2,4-5,7-8H2,(H,17,19). The van der Waals surface area contributed by atoms with Crippen molar-refractivity contribution >= 4 is 5.91 Å². The predicted octanol–water partition coefficient (Wildman–Crippen LogP) is 1.58. The van der Waals surface area contributed by atoms with E-state index < -0.39 is 18.4 Å². The Kier molecular flexibility index (Phi) is 4.49. The van der Waals surface area contributed by atoms with Gasteiger partial charge in [0.1, 0.15) is 5.56 Å². The molecule has 1 aromatic heterocycles. The second kappa shape index (κ2) is 6.13. The highest BCUT2D eigenvalue weighted by Gasteiger charge is 2.36. The first-order chi connectivity index (χ1) is 9.56. The van der Waals surface area contributed by atoms with E-state index >= 15 is 0 Å². The molecule has 1 fully saturated rings. The Bertz CT molecular complexity index is 473. The molecule has 5 nitrogen and oxygen atoms in total. The van der Waals surface area contributed by atoms with Crippen LogP contribution in [-0.4, -0.2) is 35.8 Å². The molecule has 110 valence electrons. The number of carbonyl (C=O) groups is 1. The third kappa shape index (κ3) is 3.22. The minimum absolute atomic E-state index is 0.000705. The quantitative estimate of drug-likeness (QED) is 0.833. The lowest BCUT2D eigenvalue weighted by Crippen LogP contribution is -2.44. The number of hydrogen-bond acceptors (Lipinski definition) is 4. The van der Waals surface area contributed by atoms with Crippen LogP contribution < -0.4 is 10.1 Å². The average Bonchev–Trinajstić information content (AvgIpc) is 2.37. The number of aromatic nitrogens is 1. The van der Waals surface area contributed by atoms with Crippen LogP contribution >= 0.6 is 0 Å². The number of aliphatic hydroxyl groups is 1. The van der Waals surface area contributed by atoms with Crippen LogP contribution in [0, 0.1) is 5.41 Å². The molecule has 7 heteroatoms. The number of aliphatic hydroxyl groups excluding tert-OH is 1. The molecule has 1 saturated carbocycles. The largest absolute Gasteiger partial charge is 0.416 e. The van der Waals surface area contributed by atoms with Gasteiger partial charge in [0.25, 0.3) is 5.91 Å². The number of carbonyl (C=O) groups excluding carboxylic acids is 1. The summed E-state index contributed by atoms with van der Waals surface area (Å²) in [6, 6.07) is 2.84. The lowest BCUT2D eigenvalue weighted by molar-refractivity contribution is -0.0532. The molecule has 0 aliphatic heterocycles. The summed E-state index contributed by atoms with van der Waals surface area (Å²) >= 11 is 0. The molecule has 2 rings (SSSR count). The number of ether oxygens (including phenoxy) is 1. The van der Waals surface area contributed by atoms with Crippen LogP contribution in [-0.2, 0) is 0 Å². The smallest absolute Gasteiger partial charge is 0.388 e. The Hall–Kier alpha value is -1.76. The lowest BCUT2D eigenvalue weighted by atomic mass is 9.69. The number of halogens is 2. The maximum Gasteiger partial charge on any atom is 0.388 e. The highest BCUT2D eigenvalue weighted by atomic mass is 19.3. The number of rotatable bonds is 6. The van der Waals surface area contributed by atoms with Gasteiger partial charge in [-0.15, -0.1) is 0 Å². The van der Waals surface area contributed by atoms with E-state index in [0.29, 0.717) is 6.54 Å². The molecule has 0 bridgehead atoms. The van der Waals surface area contributed by atoms with Crippen LogP contribution in [0.2, 0.25) is 0 Å². The fraction of sp³-hybridized carbons (Fsp3) is 0.538. The zero-order valence-corrected chi connectivity index (χ0v) is 10.8. The Labute approximate surface area is 115 Å². The summed E-state index contributed by atoms with van der Waals surface area (Å²) < 4.78 is 28.7. The lowest BCUT2D eigenvalue weighted by Gasteiger charge is -2.40. The van der Waals surface area contributed by atoms with Gasteiger partial charge in [-0.2, -0.15) is 8.78 Å². The number of nitrogens with zero attached hydrogens (tertiary/aromatic N) is 1. The fourth-order valence-electron chi connectivity index (χ4n) is 2.17. The highest BCUT2D eigenvalue weighted by molar-refractivity contribution is 5.96. The maximum atomic E-state index is 12.2.